The highest BCUT2D eigenvalue weighted by Crippen LogP contribution is 2.26. The van der Waals surface area contributed by atoms with Crippen LogP contribution in [0.1, 0.15) is 49.8 Å². The summed E-state index contributed by atoms with van der Waals surface area (Å²) >= 11 is 1.28. The number of nitrogens with zero attached hydrogens (tertiary/aromatic N) is 1. The van der Waals surface area contributed by atoms with Crippen molar-refractivity contribution < 1.29 is 24.2 Å². The van der Waals surface area contributed by atoms with Crippen molar-refractivity contribution in [3.8, 4) is 0 Å². The van der Waals surface area contributed by atoms with Crippen molar-refractivity contribution >= 4 is 29.2 Å². The number of aliphatic hydroxyl groups is 1. The number of amides is 3. The SMILES string of the molecule is CC(C)C[C@H](NC(=O)OCc1ccccc1)C(=O)N[C@@H](CC1CCNC1=O)C(O)c1nccs1. The minimum Gasteiger partial charge on any atom is -0.445 e. The van der Waals surface area contributed by atoms with E-state index in [1.807, 2.05) is 44.2 Å². The molecule has 3 rings (SSSR count). The standard InChI is InChI=1S/C24H32N4O5S/c1-15(2)12-19(28-24(32)33-14-16-6-4-3-5-7-16)22(31)27-18(13-17-8-9-25-21(17)30)20(29)23-26-10-11-34-23/h3-7,10-11,15,17-20,29H,8-9,12-14H2,1-2H3,(H,25,30)(H,27,31)(H,28,32)/t17?,18-,19-,20?/m0/s1. The van der Waals surface area contributed by atoms with Gasteiger partial charge in [0.05, 0.1) is 6.04 Å². The normalized spacial score (nSPS) is 18.1. The Morgan fingerprint density at radius 2 is 2.03 bits per heavy atom. The van der Waals surface area contributed by atoms with Crippen LogP contribution in [-0.4, -0.2) is 46.6 Å². The Kier molecular flexibility index (Phi) is 9.41. The molecule has 2 aromatic rings. The molecule has 1 saturated heterocycles. The highest BCUT2D eigenvalue weighted by Gasteiger charge is 2.34. The van der Waals surface area contributed by atoms with Crippen molar-refractivity contribution in [3.63, 3.8) is 0 Å². The van der Waals surface area contributed by atoms with Crippen LogP contribution in [0.3, 0.4) is 0 Å². The number of aliphatic hydroxyl groups excluding tert-OH is 1. The van der Waals surface area contributed by atoms with Gasteiger partial charge in [-0.25, -0.2) is 9.78 Å². The summed E-state index contributed by atoms with van der Waals surface area (Å²) in [6, 6.07) is 7.67. The van der Waals surface area contributed by atoms with Gasteiger partial charge >= 0.3 is 6.09 Å². The van der Waals surface area contributed by atoms with Crippen LogP contribution in [0.4, 0.5) is 4.79 Å². The first-order valence-corrected chi connectivity index (χ1v) is 12.3. The van der Waals surface area contributed by atoms with E-state index in [9.17, 15) is 19.5 Å². The minimum absolute atomic E-state index is 0.0882. The summed E-state index contributed by atoms with van der Waals surface area (Å²) in [5.41, 5.74) is 0.837. The predicted octanol–water partition coefficient (Wildman–Crippen LogP) is 2.53. The Labute approximate surface area is 203 Å². The molecule has 0 radical (unpaired) electrons. The van der Waals surface area contributed by atoms with Gasteiger partial charge < -0.3 is 25.8 Å². The van der Waals surface area contributed by atoms with Crippen molar-refractivity contribution in [1.29, 1.82) is 0 Å². The summed E-state index contributed by atoms with van der Waals surface area (Å²) in [5.74, 6) is -0.725. The van der Waals surface area contributed by atoms with E-state index >= 15 is 0 Å². The van der Waals surface area contributed by atoms with Gasteiger partial charge in [-0.05, 0) is 30.7 Å². The molecule has 4 atom stereocenters. The highest BCUT2D eigenvalue weighted by atomic mass is 32.1. The number of hydrogen-bond donors (Lipinski definition) is 4. The fourth-order valence-corrected chi connectivity index (χ4v) is 4.58. The van der Waals surface area contributed by atoms with Gasteiger partial charge in [-0.2, -0.15) is 0 Å². The Hall–Kier alpha value is -2.98. The number of nitrogens with one attached hydrogen (secondary N) is 3. The van der Waals surface area contributed by atoms with Crippen LogP contribution >= 0.6 is 11.3 Å². The van der Waals surface area contributed by atoms with Crippen LogP contribution in [0, 0.1) is 11.8 Å². The van der Waals surface area contributed by atoms with Crippen molar-refractivity contribution in [2.45, 2.75) is 57.9 Å². The zero-order chi connectivity index (χ0) is 24.5. The van der Waals surface area contributed by atoms with E-state index in [-0.39, 0.29) is 30.8 Å². The molecular formula is C24H32N4O5S. The second-order valence-electron chi connectivity index (χ2n) is 8.83. The van der Waals surface area contributed by atoms with Gasteiger partial charge in [-0.3, -0.25) is 9.59 Å². The van der Waals surface area contributed by atoms with Crippen LogP contribution in [-0.2, 0) is 20.9 Å². The molecule has 1 aliphatic heterocycles. The number of hydrogen-bond acceptors (Lipinski definition) is 7. The molecule has 1 fully saturated rings. The monoisotopic (exact) mass is 488 g/mol. The van der Waals surface area contributed by atoms with Crippen molar-refractivity contribution in [1.82, 2.24) is 20.9 Å². The molecule has 9 nitrogen and oxygen atoms in total. The first kappa shape index (κ1) is 25.6. The molecule has 3 amide bonds. The van der Waals surface area contributed by atoms with Crippen LogP contribution < -0.4 is 16.0 Å². The molecule has 0 aliphatic carbocycles. The van der Waals surface area contributed by atoms with Crippen molar-refractivity contribution in [3.05, 3.63) is 52.5 Å². The molecule has 1 aromatic heterocycles. The van der Waals surface area contributed by atoms with E-state index < -0.39 is 30.2 Å². The van der Waals surface area contributed by atoms with Gasteiger partial charge in [0.1, 0.15) is 23.8 Å². The maximum atomic E-state index is 13.2. The molecular weight excluding hydrogens is 456 g/mol. The maximum Gasteiger partial charge on any atom is 0.408 e. The lowest BCUT2D eigenvalue weighted by Crippen LogP contribution is -2.52. The molecule has 10 heteroatoms. The van der Waals surface area contributed by atoms with Gasteiger partial charge in [0.25, 0.3) is 0 Å². The van der Waals surface area contributed by atoms with E-state index in [0.717, 1.165) is 5.56 Å². The zero-order valence-corrected chi connectivity index (χ0v) is 20.2. The topological polar surface area (TPSA) is 130 Å². The van der Waals surface area contributed by atoms with Gasteiger partial charge in [-0.15, -0.1) is 11.3 Å². The zero-order valence-electron chi connectivity index (χ0n) is 19.4. The van der Waals surface area contributed by atoms with Gasteiger partial charge in [0.2, 0.25) is 11.8 Å². The number of thiazole rings is 1. The van der Waals surface area contributed by atoms with Crippen LogP contribution in [0.5, 0.6) is 0 Å². The number of alkyl carbamates (subject to hydrolysis) is 1. The maximum absolute atomic E-state index is 13.2. The van der Waals surface area contributed by atoms with E-state index in [4.69, 9.17) is 4.74 Å². The lowest BCUT2D eigenvalue weighted by Gasteiger charge is -2.28. The second kappa shape index (κ2) is 12.5. The summed E-state index contributed by atoms with van der Waals surface area (Å²) in [7, 11) is 0. The quantitative estimate of drug-likeness (QED) is 0.385. The molecule has 1 aliphatic rings. The van der Waals surface area contributed by atoms with Crippen LogP contribution in [0.15, 0.2) is 41.9 Å². The fraction of sp³-hybridized carbons (Fsp3) is 0.500. The third kappa shape index (κ3) is 7.53. The van der Waals surface area contributed by atoms with Crippen LogP contribution in [0.25, 0.3) is 0 Å². The first-order valence-electron chi connectivity index (χ1n) is 11.5. The highest BCUT2D eigenvalue weighted by molar-refractivity contribution is 7.09. The summed E-state index contributed by atoms with van der Waals surface area (Å²) < 4.78 is 5.28. The third-order valence-corrected chi connectivity index (χ3v) is 6.49. The second-order valence-corrected chi connectivity index (χ2v) is 9.76. The number of carbonyl (C=O) groups is 3. The Bertz CT molecular complexity index is 938. The summed E-state index contributed by atoms with van der Waals surface area (Å²) in [6.07, 6.45) is 1.10. The average molecular weight is 489 g/mol. The molecule has 0 spiro atoms. The van der Waals surface area contributed by atoms with E-state index in [0.29, 0.717) is 24.4 Å². The molecule has 2 heterocycles. The molecule has 0 saturated carbocycles. The van der Waals surface area contributed by atoms with Gasteiger partial charge in [0, 0.05) is 24.0 Å². The Balaban J connectivity index is 1.66. The first-order chi connectivity index (χ1) is 16.3. The Morgan fingerprint density at radius 3 is 2.65 bits per heavy atom. The summed E-state index contributed by atoms with van der Waals surface area (Å²) in [5, 5.41) is 21.4. The van der Waals surface area contributed by atoms with Gasteiger partial charge in [-0.1, -0.05) is 44.2 Å². The fourth-order valence-electron chi connectivity index (χ4n) is 3.89. The molecule has 4 N–H and O–H groups in total. The number of aromatic nitrogens is 1. The lowest BCUT2D eigenvalue weighted by atomic mass is 9.94. The molecule has 184 valence electrons. The van der Waals surface area contributed by atoms with E-state index in [1.54, 1.807) is 11.6 Å². The third-order valence-electron chi connectivity index (χ3n) is 5.64. The number of ether oxygens (including phenoxy) is 1. The average Bonchev–Trinajstić information content (AvgIpc) is 3.49. The molecule has 0 bridgehead atoms. The van der Waals surface area contributed by atoms with Crippen molar-refractivity contribution in [2.75, 3.05) is 6.54 Å². The van der Waals surface area contributed by atoms with E-state index in [2.05, 4.69) is 20.9 Å². The summed E-state index contributed by atoms with van der Waals surface area (Å²) in [6.45, 7) is 4.55. The number of carbonyl (C=O) groups excluding carboxylic acids is 3. The lowest BCUT2D eigenvalue weighted by molar-refractivity contribution is -0.127. The van der Waals surface area contributed by atoms with Crippen molar-refractivity contribution in [2.24, 2.45) is 11.8 Å². The summed E-state index contributed by atoms with van der Waals surface area (Å²) in [4.78, 5) is 41.9. The smallest absolute Gasteiger partial charge is 0.408 e. The van der Waals surface area contributed by atoms with Crippen LogP contribution in [0.2, 0.25) is 0 Å². The largest absolute Gasteiger partial charge is 0.445 e. The number of benzene rings is 1. The minimum atomic E-state index is -1.07. The molecule has 34 heavy (non-hydrogen) atoms. The molecule has 2 unspecified atom stereocenters. The molecule has 1 aromatic carbocycles. The predicted molar refractivity (Wildman–Crippen MR) is 128 cm³/mol. The van der Waals surface area contributed by atoms with E-state index in [1.165, 1.54) is 11.3 Å². The number of rotatable bonds is 11. The van der Waals surface area contributed by atoms with Gasteiger partial charge in [0.15, 0.2) is 0 Å². The Morgan fingerprint density at radius 1 is 1.26 bits per heavy atom.